The van der Waals surface area contributed by atoms with E-state index in [1.165, 1.54) is 12.3 Å². The molecule has 0 saturated heterocycles. The van der Waals surface area contributed by atoms with E-state index in [1.54, 1.807) is 12.1 Å². The zero-order valence-corrected chi connectivity index (χ0v) is 9.25. The van der Waals surface area contributed by atoms with Gasteiger partial charge < -0.3 is 15.9 Å². The number of benzene rings is 1. The summed E-state index contributed by atoms with van der Waals surface area (Å²) in [7, 11) is 0. The minimum absolute atomic E-state index is 0.193. The number of nitrogens with zero attached hydrogens (tertiary/aromatic N) is 1. The van der Waals surface area contributed by atoms with E-state index in [4.69, 9.17) is 5.73 Å². The molecule has 2 unspecified atom stereocenters. The first-order valence-corrected chi connectivity index (χ1v) is 5.20. The summed E-state index contributed by atoms with van der Waals surface area (Å²) in [5.41, 5.74) is 5.08. The predicted molar refractivity (Wildman–Crippen MR) is 61.9 cm³/mol. The molecule has 6 heteroatoms. The molecule has 0 spiro atoms. The van der Waals surface area contributed by atoms with E-state index in [0.717, 1.165) is 6.07 Å². The molecule has 0 aliphatic heterocycles. The molecule has 0 bridgehead atoms. The fraction of sp³-hybridized carbons (Fsp3) is 0.167. The van der Waals surface area contributed by atoms with Gasteiger partial charge in [-0.3, -0.25) is 9.78 Å². The number of hydrogen-bond acceptors (Lipinski definition) is 4. The molecule has 5 nitrogen and oxygen atoms in total. The van der Waals surface area contributed by atoms with Crippen LogP contribution >= 0.6 is 0 Å². The molecular formula is C12H11FN2O3. The van der Waals surface area contributed by atoms with Crippen molar-refractivity contribution in [2.45, 2.75) is 12.2 Å². The Morgan fingerprint density at radius 1 is 1.39 bits per heavy atom. The van der Waals surface area contributed by atoms with E-state index in [-0.39, 0.29) is 5.56 Å². The van der Waals surface area contributed by atoms with Crippen molar-refractivity contribution in [2.24, 2.45) is 5.73 Å². The van der Waals surface area contributed by atoms with Crippen molar-refractivity contribution in [3.8, 4) is 0 Å². The summed E-state index contributed by atoms with van der Waals surface area (Å²) < 4.78 is 13.7. The van der Waals surface area contributed by atoms with Crippen molar-refractivity contribution in [1.29, 1.82) is 0 Å². The molecular weight excluding hydrogens is 239 g/mol. The molecule has 94 valence electrons. The average molecular weight is 250 g/mol. The number of primary amides is 1. The Kier molecular flexibility index (Phi) is 3.22. The second-order valence-electron chi connectivity index (χ2n) is 3.86. The standard InChI is InChI=1S/C12H11FN2O3/c13-8-5-9-6(2-1-3-15-9)4-7(8)10(16)11(17)12(14)18/h1-5,10-11,16-17H,(H2,14,18). The Bertz CT molecular complexity index is 603. The quantitative estimate of drug-likeness (QED) is 0.727. The number of carbonyl (C=O) groups excluding carboxylic acids is 1. The number of fused-ring (bicyclic) bond motifs is 1. The normalized spacial score (nSPS) is 14.4. The predicted octanol–water partition coefficient (Wildman–Crippen LogP) is 0.253. The summed E-state index contributed by atoms with van der Waals surface area (Å²) in [5, 5.41) is 19.6. The number of amides is 1. The molecule has 2 aromatic rings. The SMILES string of the molecule is NC(=O)C(O)C(O)c1cc2cccnc2cc1F. The summed E-state index contributed by atoms with van der Waals surface area (Å²) in [6, 6.07) is 5.78. The van der Waals surface area contributed by atoms with Gasteiger partial charge in [0.1, 0.15) is 11.9 Å². The molecule has 4 N–H and O–H groups in total. The number of pyridine rings is 1. The molecule has 1 aromatic heterocycles. The lowest BCUT2D eigenvalue weighted by Crippen LogP contribution is -2.34. The van der Waals surface area contributed by atoms with Gasteiger partial charge >= 0.3 is 0 Å². The van der Waals surface area contributed by atoms with Crippen molar-refractivity contribution < 1.29 is 19.4 Å². The van der Waals surface area contributed by atoms with Crippen LogP contribution in [0.1, 0.15) is 11.7 Å². The maximum Gasteiger partial charge on any atom is 0.249 e. The smallest absolute Gasteiger partial charge is 0.249 e. The molecule has 0 fully saturated rings. The third-order valence-corrected chi connectivity index (χ3v) is 2.63. The summed E-state index contributed by atoms with van der Waals surface area (Å²) in [5.74, 6) is -1.87. The molecule has 0 aliphatic carbocycles. The maximum atomic E-state index is 13.7. The van der Waals surface area contributed by atoms with Crippen LogP contribution in [0.5, 0.6) is 0 Å². The number of aliphatic hydroxyl groups excluding tert-OH is 2. The lowest BCUT2D eigenvalue weighted by Gasteiger charge is -2.16. The van der Waals surface area contributed by atoms with Crippen molar-refractivity contribution in [2.75, 3.05) is 0 Å². The van der Waals surface area contributed by atoms with Crippen LogP contribution in [0.15, 0.2) is 30.5 Å². The molecule has 0 aliphatic rings. The van der Waals surface area contributed by atoms with Gasteiger partial charge in [0.15, 0.2) is 6.10 Å². The topological polar surface area (TPSA) is 96.4 Å². The number of halogens is 1. The van der Waals surface area contributed by atoms with Gasteiger partial charge in [-0.15, -0.1) is 0 Å². The lowest BCUT2D eigenvalue weighted by molar-refractivity contribution is -0.132. The number of aliphatic hydroxyl groups is 2. The second kappa shape index (κ2) is 4.67. The largest absolute Gasteiger partial charge is 0.385 e. The van der Waals surface area contributed by atoms with E-state index in [1.807, 2.05) is 0 Å². The Morgan fingerprint density at radius 3 is 2.78 bits per heavy atom. The highest BCUT2D eigenvalue weighted by Gasteiger charge is 2.26. The van der Waals surface area contributed by atoms with Gasteiger partial charge in [0, 0.05) is 23.2 Å². The molecule has 2 rings (SSSR count). The van der Waals surface area contributed by atoms with Gasteiger partial charge in [-0.05, 0) is 12.1 Å². The van der Waals surface area contributed by atoms with Crippen molar-refractivity contribution in [3.63, 3.8) is 0 Å². The van der Waals surface area contributed by atoms with Crippen LogP contribution in [-0.4, -0.2) is 27.2 Å². The summed E-state index contributed by atoms with van der Waals surface area (Å²) in [6.07, 6.45) is -2.04. The molecule has 0 radical (unpaired) electrons. The Hall–Kier alpha value is -2.05. The van der Waals surface area contributed by atoms with Gasteiger partial charge in [-0.1, -0.05) is 6.07 Å². The van der Waals surface area contributed by atoms with E-state index < -0.39 is 23.9 Å². The van der Waals surface area contributed by atoms with Gasteiger partial charge in [-0.25, -0.2) is 4.39 Å². The van der Waals surface area contributed by atoms with Crippen LogP contribution in [0.4, 0.5) is 4.39 Å². The van der Waals surface area contributed by atoms with Crippen LogP contribution in [0.25, 0.3) is 10.9 Å². The molecule has 1 heterocycles. The van der Waals surface area contributed by atoms with Crippen LogP contribution in [0.3, 0.4) is 0 Å². The summed E-state index contributed by atoms with van der Waals surface area (Å²) in [4.78, 5) is 14.7. The Balaban J connectivity index is 2.50. The summed E-state index contributed by atoms with van der Waals surface area (Å²) >= 11 is 0. The van der Waals surface area contributed by atoms with Crippen LogP contribution in [0, 0.1) is 5.82 Å². The Morgan fingerprint density at radius 2 is 2.11 bits per heavy atom. The maximum absolute atomic E-state index is 13.7. The van der Waals surface area contributed by atoms with Gasteiger partial charge in [0.25, 0.3) is 0 Å². The molecule has 2 atom stereocenters. The van der Waals surface area contributed by atoms with Gasteiger partial charge in [-0.2, -0.15) is 0 Å². The van der Waals surface area contributed by atoms with Crippen molar-refractivity contribution in [1.82, 2.24) is 4.98 Å². The van der Waals surface area contributed by atoms with E-state index in [0.29, 0.717) is 10.9 Å². The van der Waals surface area contributed by atoms with Gasteiger partial charge in [0.2, 0.25) is 5.91 Å². The van der Waals surface area contributed by atoms with Crippen LogP contribution < -0.4 is 5.73 Å². The summed E-state index contributed by atoms with van der Waals surface area (Å²) in [6.45, 7) is 0. The van der Waals surface area contributed by atoms with Crippen molar-refractivity contribution in [3.05, 3.63) is 41.8 Å². The lowest BCUT2D eigenvalue weighted by atomic mass is 10.0. The first kappa shape index (κ1) is 12.4. The zero-order valence-electron chi connectivity index (χ0n) is 9.25. The highest BCUT2D eigenvalue weighted by atomic mass is 19.1. The molecule has 18 heavy (non-hydrogen) atoms. The van der Waals surface area contributed by atoms with Crippen LogP contribution in [0.2, 0.25) is 0 Å². The fourth-order valence-electron chi connectivity index (χ4n) is 1.66. The second-order valence-corrected chi connectivity index (χ2v) is 3.86. The Labute approximate surface area is 102 Å². The number of carbonyl (C=O) groups is 1. The highest BCUT2D eigenvalue weighted by molar-refractivity contribution is 5.81. The first-order valence-electron chi connectivity index (χ1n) is 5.20. The third kappa shape index (κ3) is 2.15. The van der Waals surface area contributed by atoms with E-state index in [9.17, 15) is 19.4 Å². The molecule has 1 aromatic carbocycles. The van der Waals surface area contributed by atoms with E-state index >= 15 is 0 Å². The fourth-order valence-corrected chi connectivity index (χ4v) is 1.66. The average Bonchev–Trinajstić information content (AvgIpc) is 2.36. The third-order valence-electron chi connectivity index (χ3n) is 2.63. The number of hydrogen-bond donors (Lipinski definition) is 3. The first-order chi connectivity index (χ1) is 8.50. The zero-order chi connectivity index (χ0) is 13.3. The van der Waals surface area contributed by atoms with Crippen LogP contribution in [-0.2, 0) is 4.79 Å². The monoisotopic (exact) mass is 250 g/mol. The van der Waals surface area contributed by atoms with E-state index in [2.05, 4.69) is 4.98 Å². The van der Waals surface area contributed by atoms with Gasteiger partial charge in [0.05, 0.1) is 5.52 Å². The minimum Gasteiger partial charge on any atom is -0.385 e. The number of aromatic nitrogens is 1. The number of rotatable bonds is 3. The molecule has 0 saturated carbocycles. The minimum atomic E-state index is -1.85. The number of nitrogens with two attached hydrogens (primary N) is 1. The molecule has 1 amide bonds. The highest BCUT2D eigenvalue weighted by Crippen LogP contribution is 2.24. The van der Waals surface area contributed by atoms with Crippen molar-refractivity contribution >= 4 is 16.8 Å².